The topological polar surface area (TPSA) is 81.9 Å². The number of thioether (sulfide) groups is 1. The highest BCUT2D eigenvalue weighted by Crippen LogP contribution is 2.31. The van der Waals surface area contributed by atoms with Gasteiger partial charge in [-0.2, -0.15) is 0 Å². The zero-order valence-electron chi connectivity index (χ0n) is 18.2. The van der Waals surface area contributed by atoms with E-state index in [9.17, 15) is 9.59 Å². The van der Waals surface area contributed by atoms with Gasteiger partial charge in [-0.05, 0) is 24.1 Å². The number of nitrogens with zero attached hydrogens (tertiary/aromatic N) is 3. The van der Waals surface area contributed by atoms with Gasteiger partial charge in [0.2, 0.25) is 0 Å². The molecule has 4 aromatic rings. The number of hydrogen-bond donors (Lipinski definition) is 1. The summed E-state index contributed by atoms with van der Waals surface area (Å²) >= 11 is 1.60. The first-order chi connectivity index (χ1) is 15.6. The van der Waals surface area contributed by atoms with Gasteiger partial charge in [-0.1, -0.05) is 55.8 Å². The van der Waals surface area contributed by atoms with E-state index in [4.69, 9.17) is 9.72 Å². The number of hydrogen-bond acceptors (Lipinski definition) is 5. The Morgan fingerprint density at radius 3 is 2.53 bits per heavy atom. The molecule has 0 aliphatic carbocycles. The number of H-pyrrole nitrogens is 1. The van der Waals surface area contributed by atoms with E-state index in [2.05, 4.69) is 11.9 Å². The molecule has 2 aromatic carbocycles. The van der Waals surface area contributed by atoms with Crippen LogP contribution >= 0.6 is 11.8 Å². The van der Waals surface area contributed by atoms with E-state index in [-0.39, 0.29) is 0 Å². The number of aryl methyl sites for hydroxylation is 1. The molecule has 0 saturated heterocycles. The quantitative estimate of drug-likeness (QED) is 0.389. The molecule has 0 unspecified atom stereocenters. The Bertz CT molecular complexity index is 1320. The summed E-state index contributed by atoms with van der Waals surface area (Å²) in [6.07, 6.45) is 1.90. The summed E-state index contributed by atoms with van der Waals surface area (Å²) in [4.78, 5) is 33.8. The Morgan fingerprint density at radius 2 is 1.78 bits per heavy atom. The smallest absolute Gasteiger partial charge is 0.330 e. The molecule has 0 aliphatic heterocycles. The number of benzene rings is 2. The molecule has 0 spiro atoms. The predicted molar refractivity (Wildman–Crippen MR) is 128 cm³/mol. The molecular formula is C24H26N4O3S. The number of methoxy groups -OCH3 is 1. The third-order valence-corrected chi connectivity index (χ3v) is 6.36. The van der Waals surface area contributed by atoms with Crippen molar-refractivity contribution in [3.63, 3.8) is 0 Å². The lowest BCUT2D eigenvalue weighted by Gasteiger charge is -2.10. The maximum Gasteiger partial charge on any atom is 0.330 e. The third-order valence-electron chi connectivity index (χ3n) is 5.31. The van der Waals surface area contributed by atoms with Crippen molar-refractivity contribution < 1.29 is 4.74 Å². The molecule has 32 heavy (non-hydrogen) atoms. The van der Waals surface area contributed by atoms with Gasteiger partial charge in [0.15, 0.2) is 11.2 Å². The van der Waals surface area contributed by atoms with Gasteiger partial charge in [0.1, 0.15) is 11.6 Å². The molecule has 2 heterocycles. The average molecular weight is 451 g/mol. The first kappa shape index (κ1) is 22.0. The lowest BCUT2D eigenvalue weighted by atomic mass is 10.2. The van der Waals surface area contributed by atoms with Crippen LogP contribution in [0.2, 0.25) is 0 Å². The van der Waals surface area contributed by atoms with E-state index in [1.807, 2.05) is 59.2 Å². The van der Waals surface area contributed by atoms with Gasteiger partial charge < -0.3 is 9.30 Å². The second-order valence-corrected chi connectivity index (χ2v) is 8.49. The van der Waals surface area contributed by atoms with Crippen molar-refractivity contribution in [3.05, 3.63) is 86.8 Å². The van der Waals surface area contributed by atoms with Gasteiger partial charge in [-0.25, -0.2) is 9.78 Å². The minimum absolute atomic E-state index is 0.344. The molecule has 8 heteroatoms. The standard InChI is InChI=1S/C24H26N4O3S/c1-3-4-14-27-20(16-32-19-13-9-8-12-18(19)31-2)25-22-21(27)23(29)26-24(30)28(22)15-17-10-6-5-7-11-17/h5-13H,3-4,14-16H2,1-2H3,(H,26,29,30). The van der Waals surface area contributed by atoms with Crippen molar-refractivity contribution in [3.8, 4) is 5.75 Å². The first-order valence-electron chi connectivity index (χ1n) is 10.6. The van der Waals surface area contributed by atoms with Crippen LogP contribution in [0.25, 0.3) is 11.2 Å². The number of fused-ring (bicyclic) bond motifs is 1. The SMILES string of the molecule is CCCCn1c(CSc2ccccc2OC)nc2c1c(=O)[nH]c(=O)n2Cc1ccccc1. The second kappa shape index (κ2) is 9.91. The minimum atomic E-state index is -0.449. The summed E-state index contributed by atoms with van der Waals surface area (Å²) in [6, 6.07) is 17.5. The molecule has 0 bridgehead atoms. The lowest BCUT2D eigenvalue weighted by molar-refractivity contribution is 0.405. The van der Waals surface area contributed by atoms with Crippen LogP contribution in [0.5, 0.6) is 5.75 Å². The molecule has 7 nitrogen and oxygen atoms in total. The molecule has 4 rings (SSSR count). The van der Waals surface area contributed by atoms with Crippen molar-refractivity contribution in [1.29, 1.82) is 0 Å². The van der Waals surface area contributed by atoms with Crippen LogP contribution in [0.4, 0.5) is 0 Å². The van der Waals surface area contributed by atoms with Gasteiger partial charge in [0.05, 0.1) is 19.4 Å². The van der Waals surface area contributed by atoms with Crippen LogP contribution in [0.3, 0.4) is 0 Å². The Hall–Kier alpha value is -3.26. The highest BCUT2D eigenvalue weighted by Gasteiger charge is 2.19. The predicted octanol–water partition coefficient (Wildman–Crippen LogP) is 4.04. The highest BCUT2D eigenvalue weighted by molar-refractivity contribution is 7.98. The normalized spacial score (nSPS) is 11.2. The minimum Gasteiger partial charge on any atom is -0.496 e. The zero-order chi connectivity index (χ0) is 22.5. The van der Waals surface area contributed by atoms with E-state index in [1.165, 1.54) is 0 Å². The number of rotatable bonds is 9. The van der Waals surface area contributed by atoms with Gasteiger partial charge in [0.25, 0.3) is 5.56 Å². The Kier molecular flexibility index (Phi) is 6.80. The van der Waals surface area contributed by atoms with Crippen molar-refractivity contribution in [2.24, 2.45) is 0 Å². The van der Waals surface area contributed by atoms with Crippen LogP contribution < -0.4 is 16.0 Å². The number of para-hydroxylation sites is 1. The summed E-state index contributed by atoms with van der Waals surface area (Å²) in [5.74, 6) is 2.12. The van der Waals surface area contributed by atoms with Crippen LogP contribution in [0, 0.1) is 0 Å². The number of ether oxygens (including phenoxy) is 1. The zero-order valence-corrected chi connectivity index (χ0v) is 19.0. The number of unbranched alkanes of at least 4 members (excludes halogenated alkanes) is 1. The highest BCUT2D eigenvalue weighted by atomic mass is 32.2. The van der Waals surface area contributed by atoms with Crippen LogP contribution in [-0.2, 0) is 18.8 Å². The number of imidazole rings is 1. The number of nitrogens with one attached hydrogen (secondary N) is 1. The van der Waals surface area contributed by atoms with Gasteiger partial charge in [-0.3, -0.25) is 14.3 Å². The lowest BCUT2D eigenvalue weighted by Crippen LogP contribution is -2.31. The Balaban J connectivity index is 1.79. The fourth-order valence-corrected chi connectivity index (χ4v) is 4.65. The summed E-state index contributed by atoms with van der Waals surface area (Å²) in [5, 5.41) is 0. The van der Waals surface area contributed by atoms with E-state index in [1.54, 1.807) is 23.4 Å². The third kappa shape index (κ3) is 4.50. The molecule has 0 radical (unpaired) electrons. The first-order valence-corrected chi connectivity index (χ1v) is 11.6. The molecule has 2 aromatic heterocycles. The Labute approximate surface area is 190 Å². The maximum atomic E-state index is 12.8. The second-order valence-electron chi connectivity index (χ2n) is 7.48. The van der Waals surface area contributed by atoms with Gasteiger partial charge in [-0.15, -0.1) is 11.8 Å². The molecule has 0 saturated carbocycles. The maximum absolute atomic E-state index is 12.8. The van der Waals surface area contributed by atoms with Crippen molar-refractivity contribution in [1.82, 2.24) is 19.1 Å². The molecule has 0 aliphatic rings. The summed E-state index contributed by atoms with van der Waals surface area (Å²) in [6.45, 7) is 3.12. The summed E-state index contributed by atoms with van der Waals surface area (Å²) in [7, 11) is 1.65. The van der Waals surface area contributed by atoms with E-state index < -0.39 is 11.2 Å². The summed E-state index contributed by atoms with van der Waals surface area (Å²) in [5.41, 5.74) is 0.997. The number of aromatic amines is 1. The molecule has 0 fully saturated rings. The largest absolute Gasteiger partial charge is 0.496 e. The summed E-state index contributed by atoms with van der Waals surface area (Å²) < 4.78 is 8.97. The molecule has 166 valence electrons. The fraction of sp³-hybridized carbons (Fsp3) is 0.292. The van der Waals surface area contributed by atoms with Crippen molar-refractivity contribution in [2.45, 2.75) is 43.5 Å². The van der Waals surface area contributed by atoms with Gasteiger partial charge >= 0.3 is 5.69 Å². The van der Waals surface area contributed by atoms with Crippen LogP contribution in [0.1, 0.15) is 31.2 Å². The van der Waals surface area contributed by atoms with Crippen molar-refractivity contribution in [2.75, 3.05) is 7.11 Å². The molecular weight excluding hydrogens is 424 g/mol. The van der Waals surface area contributed by atoms with E-state index in [0.717, 1.165) is 34.9 Å². The average Bonchev–Trinajstić information content (AvgIpc) is 3.18. The monoisotopic (exact) mass is 450 g/mol. The van der Waals surface area contributed by atoms with E-state index >= 15 is 0 Å². The van der Waals surface area contributed by atoms with Crippen LogP contribution in [-0.4, -0.2) is 26.2 Å². The fourth-order valence-electron chi connectivity index (χ4n) is 3.68. The van der Waals surface area contributed by atoms with Crippen molar-refractivity contribution >= 4 is 22.9 Å². The molecule has 1 N–H and O–H groups in total. The van der Waals surface area contributed by atoms with Crippen LogP contribution in [0.15, 0.2) is 69.1 Å². The Morgan fingerprint density at radius 1 is 1.03 bits per heavy atom. The van der Waals surface area contributed by atoms with E-state index in [0.29, 0.717) is 30.0 Å². The molecule has 0 atom stereocenters. The number of aromatic nitrogens is 4. The molecule has 0 amide bonds. The van der Waals surface area contributed by atoms with Gasteiger partial charge in [0, 0.05) is 11.4 Å².